The monoisotopic (exact) mass is 359 g/mol. The molecule has 2 aromatic carbocycles. The molecule has 0 bridgehead atoms. The van der Waals surface area contributed by atoms with Crippen LogP contribution in [-0.4, -0.2) is 46.9 Å². The van der Waals surface area contributed by atoms with Crippen molar-refractivity contribution in [1.29, 1.82) is 0 Å². The third kappa shape index (κ3) is 3.01. The number of hydrogen-bond acceptors (Lipinski definition) is 4. The van der Waals surface area contributed by atoms with E-state index in [1.807, 2.05) is 19.0 Å². The maximum absolute atomic E-state index is 13.0. The second-order valence-corrected chi connectivity index (χ2v) is 8.15. The number of benzene rings is 2. The van der Waals surface area contributed by atoms with Crippen molar-refractivity contribution in [1.82, 2.24) is 4.90 Å². The predicted octanol–water partition coefficient (Wildman–Crippen LogP) is 2.44. The fourth-order valence-electron chi connectivity index (χ4n) is 2.89. The van der Waals surface area contributed by atoms with Gasteiger partial charge < -0.3 is 4.90 Å². The minimum atomic E-state index is -3.74. The average molecular weight is 359 g/mol. The van der Waals surface area contributed by atoms with Gasteiger partial charge in [0.05, 0.1) is 17.1 Å². The summed E-state index contributed by atoms with van der Waals surface area (Å²) in [5, 5.41) is 0. The molecule has 0 radical (unpaired) electrons. The summed E-state index contributed by atoms with van der Waals surface area (Å²) in [4.78, 5) is 16.6. The van der Waals surface area contributed by atoms with E-state index in [2.05, 4.69) is 0 Å². The molecule has 25 heavy (non-hydrogen) atoms. The highest BCUT2D eigenvalue weighted by atomic mass is 32.2. The van der Waals surface area contributed by atoms with Crippen LogP contribution in [-0.2, 0) is 14.8 Å². The molecule has 0 unspecified atom stereocenters. The van der Waals surface area contributed by atoms with Gasteiger partial charge in [-0.15, -0.1) is 0 Å². The Hall–Kier alpha value is -2.38. The number of sulfonamides is 1. The van der Waals surface area contributed by atoms with Crippen LogP contribution in [0.25, 0.3) is 0 Å². The Morgan fingerprint density at radius 1 is 0.960 bits per heavy atom. The van der Waals surface area contributed by atoms with E-state index in [4.69, 9.17) is 0 Å². The van der Waals surface area contributed by atoms with Crippen LogP contribution >= 0.6 is 0 Å². The molecule has 0 saturated carbocycles. The predicted molar refractivity (Wildman–Crippen MR) is 98.8 cm³/mol. The number of nitrogens with zero attached hydrogens (tertiary/aromatic N) is 3. The van der Waals surface area contributed by atoms with Crippen molar-refractivity contribution in [3.8, 4) is 0 Å². The van der Waals surface area contributed by atoms with Gasteiger partial charge in [-0.3, -0.25) is 14.0 Å². The first-order valence-corrected chi connectivity index (χ1v) is 9.42. The van der Waals surface area contributed by atoms with E-state index in [-0.39, 0.29) is 10.8 Å². The van der Waals surface area contributed by atoms with Crippen LogP contribution in [0.2, 0.25) is 0 Å². The molecule has 3 rings (SSSR count). The largest absolute Gasteiger partial charge is 0.309 e. The molecule has 0 aliphatic carbocycles. The lowest BCUT2D eigenvalue weighted by molar-refractivity contribution is -0.118. The molecule has 0 N–H and O–H groups in total. The van der Waals surface area contributed by atoms with Crippen LogP contribution in [0.3, 0.4) is 0 Å². The van der Waals surface area contributed by atoms with Gasteiger partial charge in [0.25, 0.3) is 10.0 Å². The summed E-state index contributed by atoms with van der Waals surface area (Å²) in [7, 11) is 1.57. The van der Waals surface area contributed by atoms with Crippen molar-refractivity contribution in [2.75, 3.05) is 36.9 Å². The number of hydrogen-bond donors (Lipinski definition) is 0. The molecule has 0 saturated heterocycles. The number of carbonyl (C=O) groups is 1. The molecule has 0 atom stereocenters. The Morgan fingerprint density at radius 3 is 2.16 bits per heavy atom. The van der Waals surface area contributed by atoms with E-state index in [0.717, 1.165) is 0 Å². The van der Waals surface area contributed by atoms with Gasteiger partial charge in [-0.1, -0.05) is 24.3 Å². The Labute approximate surface area is 148 Å². The highest BCUT2D eigenvalue weighted by molar-refractivity contribution is 7.93. The number of anilines is 3. The van der Waals surface area contributed by atoms with Gasteiger partial charge in [-0.2, -0.15) is 0 Å². The third-order valence-electron chi connectivity index (χ3n) is 4.23. The SMILES string of the molecule is CN(C)CCC(=O)N1c2ccccc2N(C)S(=O)(=O)c2ccccc21. The molecule has 2 aromatic rings. The quantitative estimate of drug-likeness (QED) is 0.845. The van der Waals surface area contributed by atoms with Crippen LogP contribution < -0.4 is 9.21 Å². The molecule has 7 heteroatoms. The summed E-state index contributed by atoms with van der Waals surface area (Å²) in [6.45, 7) is 0.586. The fourth-order valence-corrected chi connectivity index (χ4v) is 4.27. The van der Waals surface area contributed by atoms with E-state index in [1.165, 1.54) is 16.3 Å². The minimum absolute atomic E-state index is 0.131. The Bertz CT molecular complexity index is 909. The van der Waals surface area contributed by atoms with Crippen LogP contribution in [0.5, 0.6) is 0 Å². The van der Waals surface area contributed by atoms with Gasteiger partial charge in [-0.25, -0.2) is 8.42 Å². The smallest absolute Gasteiger partial charge is 0.266 e. The zero-order valence-corrected chi connectivity index (χ0v) is 15.3. The number of carbonyl (C=O) groups excluding carboxylic acids is 1. The van der Waals surface area contributed by atoms with E-state index in [9.17, 15) is 13.2 Å². The first-order chi connectivity index (χ1) is 11.8. The maximum atomic E-state index is 13.0. The summed E-state index contributed by atoms with van der Waals surface area (Å²) in [6, 6.07) is 13.7. The van der Waals surface area contributed by atoms with Gasteiger partial charge in [0.1, 0.15) is 4.90 Å². The summed E-state index contributed by atoms with van der Waals surface area (Å²) in [5.74, 6) is -0.140. The summed E-state index contributed by atoms with van der Waals surface area (Å²) in [5.41, 5.74) is 1.45. The molecule has 1 aliphatic rings. The number of fused-ring (bicyclic) bond motifs is 2. The summed E-state index contributed by atoms with van der Waals surface area (Å²) in [6.07, 6.45) is 0.291. The van der Waals surface area contributed by atoms with Crippen molar-refractivity contribution in [2.24, 2.45) is 0 Å². The molecular formula is C18H21N3O3S. The normalized spacial score (nSPS) is 15.5. The first kappa shape index (κ1) is 17.4. The standard InChI is InChI=1S/C18H21N3O3S/c1-19(2)13-12-18(22)21-15-9-5-4-8-14(15)20(3)25(23,24)17-11-7-6-10-16(17)21/h4-11H,12-13H2,1-3H3. The number of para-hydroxylation sites is 3. The lowest BCUT2D eigenvalue weighted by atomic mass is 10.2. The molecule has 6 nitrogen and oxygen atoms in total. The molecule has 1 aliphatic heterocycles. The van der Waals surface area contributed by atoms with Crippen molar-refractivity contribution < 1.29 is 13.2 Å². The third-order valence-corrected chi connectivity index (χ3v) is 6.05. The fraction of sp³-hybridized carbons (Fsp3) is 0.278. The zero-order chi connectivity index (χ0) is 18.2. The van der Waals surface area contributed by atoms with E-state index in [1.54, 1.807) is 48.5 Å². The lowest BCUT2D eigenvalue weighted by Gasteiger charge is -2.25. The lowest BCUT2D eigenvalue weighted by Crippen LogP contribution is -2.29. The van der Waals surface area contributed by atoms with Crippen molar-refractivity contribution in [3.05, 3.63) is 48.5 Å². The van der Waals surface area contributed by atoms with Gasteiger partial charge in [-0.05, 0) is 38.4 Å². The summed E-state index contributed by atoms with van der Waals surface area (Å²) >= 11 is 0. The molecule has 1 heterocycles. The van der Waals surface area contributed by atoms with E-state index < -0.39 is 10.0 Å². The van der Waals surface area contributed by atoms with Crippen LogP contribution in [0.15, 0.2) is 53.4 Å². The second-order valence-electron chi connectivity index (χ2n) is 6.21. The highest BCUT2D eigenvalue weighted by Crippen LogP contribution is 2.43. The maximum Gasteiger partial charge on any atom is 0.266 e. The number of rotatable bonds is 3. The van der Waals surface area contributed by atoms with Crippen molar-refractivity contribution in [2.45, 2.75) is 11.3 Å². The first-order valence-electron chi connectivity index (χ1n) is 7.98. The van der Waals surface area contributed by atoms with Crippen molar-refractivity contribution >= 4 is 33.0 Å². The van der Waals surface area contributed by atoms with Gasteiger partial charge >= 0.3 is 0 Å². The van der Waals surface area contributed by atoms with E-state index >= 15 is 0 Å². The molecule has 0 aromatic heterocycles. The van der Waals surface area contributed by atoms with Crippen molar-refractivity contribution in [3.63, 3.8) is 0 Å². The number of amides is 1. The molecular weight excluding hydrogens is 338 g/mol. The topological polar surface area (TPSA) is 60.9 Å². The van der Waals surface area contributed by atoms with Crippen LogP contribution in [0, 0.1) is 0 Å². The van der Waals surface area contributed by atoms with Gasteiger partial charge in [0.2, 0.25) is 5.91 Å². The summed E-state index contributed by atoms with van der Waals surface area (Å²) < 4.78 is 27.2. The molecule has 132 valence electrons. The Balaban J connectivity index is 2.24. The van der Waals surface area contributed by atoms with E-state index in [0.29, 0.717) is 30.0 Å². The average Bonchev–Trinajstić information content (AvgIpc) is 2.66. The molecule has 0 fully saturated rings. The zero-order valence-electron chi connectivity index (χ0n) is 14.5. The Kier molecular flexibility index (Phi) is 4.53. The van der Waals surface area contributed by atoms with Crippen LogP contribution in [0.4, 0.5) is 17.1 Å². The van der Waals surface area contributed by atoms with Gasteiger partial charge in [0.15, 0.2) is 0 Å². The molecule has 1 amide bonds. The highest BCUT2D eigenvalue weighted by Gasteiger charge is 2.35. The van der Waals surface area contributed by atoms with Gasteiger partial charge in [0, 0.05) is 20.0 Å². The van der Waals surface area contributed by atoms with Crippen LogP contribution in [0.1, 0.15) is 6.42 Å². The molecule has 0 spiro atoms. The Morgan fingerprint density at radius 2 is 1.52 bits per heavy atom. The minimum Gasteiger partial charge on any atom is -0.309 e. The second kappa shape index (κ2) is 6.50.